The van der Waals surface area contributed by atoms with Crippen LogP contribution in [0.5, 0.6) is 5.75 Å². The Kier molecular flexibility index (Phi) is 5.76. The first-order valence-corrected chi connectivity index (χ1v) is 8.84. The molecule has 1 heterocycles. The summed E-state index contributed by atoms with van der Waals surface area (Å²) in [6, 6.07) is 12.7. The fourth-order valence-electron chi connectivity index (χ4n) is 2.97. The highest BCUT2D eigenvalue weighted by Crippen LogP contribution is 2.30. The third-order valence-electron chi connectivity index (χ3n) is 4.29. The summed E-state index contributed by atoms with van der Waals surface area (Å²) in [4.78, 5) is 24.4. The minimum atomic E-state index is -0.322. The molecule has 6 nitrogen and oxygen atoms in total. The molecule has 1 unspecified atom stereocenters. The summed E-state index contributed by atoms with van der Waals surface area (Å²) in [5.74, 6) is 0.428. The van der Waals surface area contributed by atoms with Crippen LogP contribution in [0.2, 0.25) is 0 Å². The van der Waals surface area contributed by atoms with Gasteiger partial charge in [-0.25, -0.2) is 4.79 Å². The van der Waals surface area contributed by atoms with E-state index in [2.05, 4.69) is 22.5 Å². The van der Waals surface area contributed by atoms with Gasteiger partial charge in [-0.2, -0.15) is 0 Å². The highest BCUT2D eigenvalue weighted by Gasteiger charge is 2.26. The number of amides is 3. The number of rotatable bonds is 5. The number of fused-ring (bicyclic) bond motifs is 1. The van der Waals surface area contributed by atoms with Crippen LogP contribution in [0, 0.1) is 12.8 Å². The van der Waals surface area contributed by atoms with Gasteiger partial charge in [-0.15, -0.1) is 6.58 Å². The monoisotopic (exact) mass is 365 g/mol. The predicted molar refractivity (Wildman–Crippen MR) is 106 cm³/mol. The van der Waals surface area contributed by atoms with Crippen molar-refractivity contribution in [3.63, 3.8) is 0 Å². The smallest absolute Gasteiger partial charge is 0.323 e. The zero-order valence-electron chi connectivity index (χ0n) is 15.2. The molecule has 0 fully saturated rings. The van der Waals surface area contributed by atoms with Crippen molar-refractivity contribution in [2.75, 3.05) is 23.8 Å². The molecule has 27 heavy (non-hydrogen) atoms. The highest BCUT2D eigenvalue weighted by atomic mass is 16.5. The number of urea groups is 1. The molecule has 1 atom stereocenters. The van der Waals surface area contributed by atoms with Crippen LogP contribution in [0.15, 0.2) is 55.1 Å². The Labute approximate surface area is 158 Å². The molecule has 0 aliphatic carbocycles. The Morgan fingerprint density at radius 1 is 1.19 bits per heavy atom. The van der Waals surface area contributed by atoms with Gasteiger partial charge < -0.3 is 20.7 Å². The number of carbonyl (C=O) groups is 2. The second-order valence-electron chi connectivity index (χ2n) is 6.52. The Balaban J connectivity index is 1.64. The van der Waals surface area contributed by atoms with Gasteiger partial charge in [0, 0.05) is 17.9 Å². The Bertz CT molecular complexity index is 864. The van der Waals surface area contributed by atoms with E-state index in [0.717, 1.165) is 22.6 Å². The molecule has 0 saturated heterocycles. The minimum Gasteiger partial charge on any atom is -0.492 e. The number of carbonyl (C=O) groups excluding carboxylic acids is 2. The highest BCUT2D eigenvalue weighted by molar-refractivity contribution is 5.99. The minimum absolute atomic E-state index is 0.0592. The van der Waals surface area contributed by atoms with Gasteiger partial charge in [0.25, 0.3) is 0 Å². The van der Waals surface area contributed by atoms with Crippen LogP contribution in [0.3, 0.4) is 0 Å². The lowest BCUT2D eigenvalue weighted by molar-refractivity contribution is -0.126. The molecule has 0 bridgehead atoms. The molecule has 6 heteroatoms. The molecule has 0 spiro atoms. The van der Waals surface area contributed by atoms with Crippen molar-refractivity contribution in [3.05, 3.63) is 66.2 Å². The molecule has 3 amide bonds. The zero-order chi connectivity index (χ0) is 19.2. The topological polar surface area (TPSA) is 79.5 Å². The zero-order valence-corrected chi connectivity index (χ0v) is 15.2. The molecule has 1 aliphatic heterocycles. The number of ether oxygens (including phenoxy) is 1. The molecular formula is C21H23N3O3. The Morgan fingerprint density at radius 3 is 2.70 bits per heavy atom. The summed E-state index contributed by atoms with van der Waals surface area (Å²) in [6.45, 7) is 6.34. The summed E-state index contributed by atoms with van der Waals surface area (Å²) in [5, 5.41) is 8.42. The number of aryl methyl sites for hydroxylation is 1. The molecule has 2 aromatic rings. The van der Waals surface area contributed by atoms with E-state index in [4.69, 9.17) is 4.74 Å². The maximum atomic E-state index is 12.2. The van der Waals surface area contributed by atoms with Crippen molar-refractivity contribution < 1.29 is 14.3 Å². The molecule has 0 radical (unpaired) electrons. The molecule has 3 N–H and O–H groups in total. The van der Waals surface area contributed by atoms with Gasteiger partial charge in [0.05, 0.1) is 5.92 Å². The molecule has 140 valence electrons. The van der Waals surface area contributed by atoms with Gasteiger partial charge >= 0.3 is 6.03 Å². The van der Waals surface area contributed by atoms with Gasteiger partial charge in [-0.3, -0.25) is 4.79 Å². The first kappa shape index (κ1) is 18.5. The second-order valence-corrected chi connectivity index (χ2v) is 6.52. The van der Waals surface area contributed by atoms with E-state index in [9.17, 15) is 9.59 Å². The standard InChI is InChI=1S/C21H23N3O3/c1-3-9-22-20(25)16-11-15-12-18(7-8-19(15)27-13-16)24-21(26)23-17-6-4-5-14(2)10-17/h3-8,10,12,16H,1,9,11,13H2,2H3,(H,22,25)(H2,23,24,26). The van der Waals surface area contributed by atoms with Crippen molar-refractivity contribution in [3.8, 4) is 5.75 Å². The summed E-state index contributed by atoms with van der Waals surface area (Å²) < 4.78 is 5.69. The molecule has 1 aliphatic rings. The van der Waals surface area contributed by atoms with Gasteiger partial charge in [0.2, 0.25) is 5.91 Å². The van der Waals surface area contributed by atoms with Crippen LogP contribution in [-0.2, 0) is 11.2 Å². The summed E-state index contributed by atoms with van der Waals surface area (Å²) in [7, 11) is 0. The molecule has 3 rings (SSSR count). The average molecular weight is 365 g/mol. The van der Waals surface area contributed by atoms with Crippen LogP contribution in [0.25, 0.3) is 0 Å². The van der Waals surface area contributed by atoms with Crippen LogP contribution in [0.1, 0.15) is 11.1 Å². The first-order valence-electron chi connectivity index (χ1n) is 8.84. The third-order valence-corrected chi connectivity index (χ3v) is 4.29. The Morgan fingerprint density at radius 2 is 1.96 bits per heavy atom. The lowest BCUT2D eigenvalue weighted by Gasteiger charge is -2.25. The summed E-state index contributed by atoms with van der Waals surface area (Å²) in [5.41, 5.74) is 3.34. The second kappa shape index (κ2) is 8.40. The van der Waals surface area contributed by atoms with E-state index in [1.807, 2.05) is 43.3 Å². The number of hydrogen-bond donors (Lipinski definition) is 3. The summed E-state index contributed by atoms with van der Waals surface area (Å²) >= 11 is 0. The van der Waals surface area contributed by atoms with E-state index in [-0.39, 0.29) is 17.9 Å². The normalized spacial score (nSPS) is 15.1. The van der Waals surface area contributed by atoms with Crippen molar-refractivity contribution >= 4 is 23.3 Å². The number of benzene rings is 2. The molecular weight excluding hydrogens is 342 g/mol. The molecule has 0 aromatic heterocycles. The lowest BCUT2D eigenvalue weighted by atomic mass is 9.95. The fourth-order valence-corrected chi connectivity index (χ4v) is 2.97. The summed E-state index contributed by atoms with van der Waals surface area (Å²) in [6.07, 6.45) is 2.21. The number of anilines is 2. The van der Waals surface area contributed by atoms with Gasteiger partial charge in [0.15, 0.2) is 0 Å². The predicted octanol–water partition coefficient (Wildman–Crippen LogP) is 3.49. The largest absolute Gasteiger partial charge is 0.492 e. The van der Waals surface area contributed by atoms with Crippen molar-refractivity contribution in [2.45, 2.75) is 13.3 Å². The molecule has 2 aromatic carbocycles. The SMILES string of the molecule is C=CCNC(=O)C1COc2ccc(NC(=O)Nc3cccc(C)c3)cc2C1. The van der Waals surface area contributed by atoms with Crippen LogP contribution in [-0.4, -0.2) is 25.1 Å². The van der Waals surface area contributed by atoms with E-state index in [1.165, 1.54) is 0 Å². The van der Waals surface area contributed by atoms with Gasteiger partial charge in [-0.1, -0.05) is 18.2 Å². The van der Waals surface area contributed by atoms with E-state index >= 15 is 0 Å². The van der Waals surface area contributed by atoms with Gasteiger partial charge in [-0.05, 0) is 54.8 Å². The van der Waals surface area contributed by atoms with Crippen LogP contribution >= 0.6 is 0 Å². The average Bonchev–Trinajstić information content (AvgIpc) is 2.65. The number of hydrogen-bond acceptors (Lipinski definition) is 3. The molecule has 0 saturated carbocycles. The first-order chi connectivity index (χ1) is 13.0. The van der Waals surface area contributed by atoms with Crippen LogP contribution in [0.4, 0.5) is 16.2 Å². The van der Waals surface area contributed by atoms with Crippen molar-refractivity contribution in [1.82, 2.24) is 5.32 Å². The maximum absolute atomic E-state index is 12.2. The lowest BCUT2D eigenvalue weighted by Crippen LogP contribution is -2.37. The van der Waals surface area contributed by atoms with Crippen molar-refractivity contribution in [2.24, 2.45) is 5.92 Å². The van der Waals surface area contributed by atoms with Gasteiger partial charge in [0.1, 0.15) is 12.4 Å². The van der Waals surface area contributed by atoms with E-state index < -0.39 is 0 Å². The van der Waals surface area contributed by atoms with E-state index in [0.29, 0.717) is 25.3 Å². The third kappa shape index (κ3) is 4.88. The fraction of sp³-hybridized carbons (Fsp3) is 0.238. The van der Waals surface area contributed by atoms with E-state index in [1.54, 1.807) is 12.1 Å². The number of nitrogens with one attached hydrogen (secondary N) is 3. The van der Waals surface area contributed by atoms with Crippen LogP contribution < -0.4 is 20.7 Å². The van der Waals surface area contributed by atoms with Crippen molar-refractivity contribution in [1.29, 1.82) is 0 Å². The quantitative estimate of drug-likeness (QED) is 0.710. The Hall–Kier alpha value is -3.28. The maximum Gasteiger partial charge on any atom is 0.323 e.